The minimum atomic E-state index is -3.33. The number of hydrogen-bond acceptors (Lipinski definition) is 5. The van der Waals surface area contributed by atoms with Gasteiger partial charge < -0.3 is 23.7 Å². The quantitative estimate of drug-likeness (QED) is 0.520. The molecule has 0 aromatic heterocycles. The van der Waals surface area contributed by atoms with Gasteiger partial charge in [0.1, 0.15) is 6.10 Å². The lowest BCUT2D eigenvalue weighted by Crippen LogP contribution is -2.75. The fourth-order valence-electron chi connectivity index (χ4n) is 3.18. The van der Waals surface area contributed by atoms with E-state index in [0.29, 0.717) is 32.5 Å². The third-order valence-electron chi connectivity index (χ3n) is 3.80. The Labute approximate surface area is 127 Å². The molecule has 1 rings (SSSR count). The summed E-state index contributed by atoms with van der Waals surface area (Å²) in [6, 6.07) is 0.486. The van der Waals surface area contributed by atoms with E-state index in [2.05, 4.69) is 0 Å². The van der Waals surface area contributed by atoms with Crippen molar-refractivity contribution in [1.82, 2.24) is 0 Å². The molecule has 21 heavy (non-hydrogen) atoms. The van der Waals surface area contributed by atoms with Crippen LogP contribution in [-0.2, 0) is 18.6 Å². The molecule has 124 valence electrons. The lowest BCUT2D eigenvalue weighted by atomic mass is 10.2. The number of hydrogen-bond donors (Lipinski definition) is 1. The molecular formula is C14H28O6Si. The van der Waals surface area contributed by atoms with Crippen molar-refractivity contribution in [2.75, 3.05) is 26.4 Å². The Morgan fingerprint density at radius 1 is 1.14 bits per heavy atom. The summed E-state index contributed by atoms with van der Waals surface area (Å²) in [7, 11) is -3.33. The van der Waals surface area contributed by atoms with E-state index < -0.39 is 25.4 Å². The van der Waals surface area contributed by atoms with E-state index in [1.54, 1.807) is 0 Å². The lowest BCUT2D eigenvalue weighted by Gasteiger charge is -2.50. The highest BCUT2D eigenvalue weighted by Crippen LogP contribution is 2.43. The van der Waals surface area contributed by atoms with Gasteiger partial charge in [-0.05, 0) is 40.2 Å². The van der Waals surface area contributed by atoms with E-state index in [4.69, 9.17) is 18.6 Å². The van der Waals surface area contributed by atoms with E-state index in [0.717, 1.165) is 12.8 Å². The van der Waals surface area contributed by atoms with Crippen LogP contribution >= 0.6 is 0 Å². The highest BCUT2D eigenvalue weighted by atomic mass is 28.4. The van der Waals surface area contributed by atoms with E-state index >= 15 is 0 Å². The lowest BCUT2D eigenvalue weighted by molar-refractivity contribution is -0.254. The predicted molar refractivity (Wildman–Crippen MR) is 80.8 cm³/mol. The summed E-state index contributed by atoms with van der Waals surface area (Å²) in [5.74, 6) is 0. The van der Waals surface area contributed by atoms with Crippen molar-refractivity contribution in [3.63, 3.8) is 0 Å². The molecule has 2 atom stereocenters. The predicted octanol–water partition coefficient (Wildman–Crippen LogP) is 2.74. The maximum atomic E-state index is 12.1. The number of rotatable bonds is 9. The highest BCUT2D eigenvalue weighted by Gasteiger charge is 2.70. The van der Waals surface area contributed by atoms with Crippen LogP contribution < -0.4 is 0 Å². The fraction of sp³-hybridized carbons (Fsp3) is 0.929. The van der Waals surface area contributed by atoms with Crippen molar-refractivity contribution in [2.45, 2.75) is 58.1 Å². The van der Waals surface area contributed by atoms with Gasteiger partial charge in [-0.3, -0.25) is 4.79 Å². The maximum Gasteiger partial charge on any atom is 0.384 e. The highest BCUT2D eigenvalue weighted by molar-refractivity contribution is 7.02. The molecule has 0 saturated carbocycles. The van der Waals surface area contributed by atoms with Crippen LogP contribution in [0.15, 0.2) is 0 Å². The summed E-state index contributed by atoms with van der Waals surface area (Å²) in [6.45, 7) is 8.92. The second-order valence-corrected chi connectivity index (χ2v) is 8.50. The Morgan fingerprint density at radius 3 is 2.19 bits per heavy atom. The van der Waals surface area contributed by atoms with Crippen LogP contribution in [0.25, 0.3) is 0 Å². The Kier molecular flexibility index (Phi) is 7.29. The van der Waals surface area contributed by atoms with Gasteiger partial charge in [-0.2, -0.15) is 0 Å². The Bertz CT molecular complexity index is 325. The first kappa shape index (κ1) is 18.6. The molecule has 7 heteroatoms. The second kappa shape index (κ2) is 8.24. The van der Waals surface area contributed by atoms with Crippen molar-refractivity contribution < 1.29 is 28.5 Å². The van der Waals surface area contributed by atoms with Crippen molar-refractivity contribution in [3.8, 4) is 0 Å². The van der Waals surface area contributed by atoms with Crippen LogP contribution in [0.3, 0.4) is 0 Å². The largest absolute Gasteiger partial charge is 0.483 e. The molecule has 0 aromatic rings. The Morgan fingerprint density at radius 2 is 1.76 bits per heavy atom. The third kappa shape index (κ3) is 3.32. The Balaban J connectivity index is 3.35. The fourth-order valence-corrected chi connectivity index (χ4v) is 7.21. The van der Waals surface area contributed by atoms with Gasteiger partial charge in [-0.1, -0.05) is 6.42 Å². The molecule has 1 aliphatic rings. The second-order valence-electron chi connectivity index (χ2n) is 4.93. The molecule has 1 aliphatic heterocycles. The molecule has 0 radical (unpaired) electrons. The summed E-state index contributed by atoms with van der Waals surface area (Å²) >= 11 is 0. The van der Waals surface area contributed by atoms with Crippen LogP contribution in [0.1, 0.15) is 40.5 Å². The molecule has 0 aromatic carbocycles. The van der Waals surface area contributed by atoms with Crippen LogP contribution in [0, 0.1) is 0 Å². The van der Waals surface area contributed by atoms with Crippen molar-refractivity contribution in [2.24, 2.45) is 0 Å². The zero-order valence-electron chi connectivity index (χ0n) is 13.5. The first-order valence-corrected chi connectivity index (χ1v) is 9.92. The van der Waals surface area contributed by atoms with Gasteiger partial charge in [0.2, 0.25) is 5.41 Å². The maximum absolute atomic E-state index is 12.1. The van der Waals surface area contributed by atoms with Gasteiger partial charge in [0.15, 0.2) is 0 Å². The van der Waals surface area contributed by atoms with Gasteiger partial charge >= 0.3 is 13.9 Å². The first-order valence-electron chi connectivity index (χ1n) is 7.81. The topological polar surface area (TPSA) is 74.2 Å². The molecule has 1 fully saturated rings. The molecule has 0 bridgehead atoms. The van der Waals surface area contributed by atoms with Crippen molar-refractivity contribution in [3.05, 3.63) is 0 Å². The summed E-state index contributed by atoms with van der Waals surface area (Å²) in [6.07, 6.45) is 1.08. The third-order valence-corrected chi connectivity index (χ3v) is 8.07. The molecule has 2 unspecified atom stereocenters. The molecule has 1 heterocycles. The molecule has 1 saturated heterocycles. The average Bonchev–Trinajstić information content (AvgIpc) is 2.44. The van der Waals surface area contributed by atoms with Crippen LogP contribution in [-0.4, -0.2) is 57.0 Å². The van der Waals surface area contributed by atoms with Gasteiger partial charge in [0, 0.05) is 26.4 Å². The summed E-state index contributed by atoms with van der Waals surface area (Å²) < 4.78 is 23.5. The zero-order valence-corrected chi connectivity index (χ0v) is 14.5. The average molecular weight is 320 g/mol. The number of ether oxygens (including phenoxy) is 3. The summed E-state index contributed by atoms with van der Waals surface area (Å²) in [5.41, 5.74) is -2.19. The Hall–Kier alpha value is -0.473. The van der Waals surface area contributed by atoms with Gasteiger partial charge in [0.25, 0.3) is 0 Å². The monoisotopic (exact) mass is 320 g/mol. The molecule has 6 nitrogen and oxygen atoms in total. The van der Waals surface area contributed by atoms with E-state index in [1.165, 1.54) is 0 Å². The molecule has 0 amide bonds. The molecule has 1 N–H and O–H groups in total. The first-order chi connectivity index (χ1) is 10.0. The standard InChI is InChI=1S/C14H28O6Si/c1-5-17-12-10-9-11-21(13(15)16,20-8-4)14(12,18-6-2)19-7-3/h12H,5-11H2,1-4H3,(H,15,16). The molecular weight excluding hydrogens is 292 g/mol. The molecule has 0 aliphatic carbocycles. The van der Waals surface area contributed by atoms with E-state index in [-0.39, 0.29) is 0 Å². The van der Waals surface area contributed by atoms with Crippen molar-refractivity contribution >= 4 is 13.9 Å². The number of carboxylic acid groups (broad SMARTS) is 1. The summed E-state index contributed by atoms with van der Waals surface area (Å²) in [5, 5.41) is 9.92. The van der Waals surface area contributed by atoms with Crippen LogP contribution in [0.2, 0.25) is 6.04 Å². The van der Waals surface area contributed by atoms with E-state index in [1.807, 2.05) is 27.7 Å². The molecule has 0 spiro atoms. The summed E-state index contributed by atoms with van der Waals surface area (Å²) in [4.78, 5) is 12.1. The van der Waals surface area contributed by atoms with Crippen molar-refractivity contribution in [1.29, 1.82) is 0 Å². The van der Waals surface area contributed by atoms with Gasteiger partial charge in [-0.25, -0.2) is 0 Å². The minimum Gasteiger partial charge on any atom is -0.483 e. The zero-order chi connectivity index (χ0) is 15.9. The SMILES string of the molecule is CCOC1CCC[Si](OCC)(C(=O)O)C1(OCC)OCC. The van der Waals surface area contributed by atoms with Crippen LogP contribution in [0.5, 0.6) is 0 Å². The van der Waals surface area contributed by atoms with Gasteiger partial charge in [-0.15, -0.1) is 0 Å². The van der Waals surface area contributed by atoms with Gasteiger partial charge in [0.05, 0.1) is 0 Å². The normalized spacial score (nSPS) is 28.5. The minimum absolute atomic E-state index is 0.333. The number of carbonyl (C=O) groups is 1. The van der Waals surface area contributed by atoms with Crippen LogP contribution in [0.4, 0.5) is 4.79 Å². The smallest absolute Gasteiger partial charge is 0.384 e. The van der Waals surface area contributed by atoms with E-state index in [9.17, 15) is 9.90 Å².